The lowest BCUT2D eigenvalue weighted by Crippen LogP contribution is -2.25. The number of methoxy groups -OCH3 is 1. The maximum atomic E-state index is 14.0. The molecule has 0 bridgehead atoms. The van der Waals surface area contributed by atoms with Gasteiger partial charge in [-0.2, -0.15) is 0 Å². The van der Waals surface area contributed by atoms with Crippen molar-refractivity contribution < 1.29 is 38.8 Å². The number of amides is 1. The molecule has 0 unspecified atom stereocenters. The zero-order valence-corrected chi connectivity index (χ0v) is 23.6. The van der Waals surface area contributed by atoms with E-state index in [-0.39, 0.29) is 17.4 Å². The van der Waals surface area contributed by atoms with Crippen LogP contribution in [0.4, 0.5) is 5.69 Å². The first kappa shape index (κ1) is 28.9. The number of anilines is 1. The highest BCUT2D eigenvalue weighted by molar-refractivity contribution is 6.36. The summed E-state index contributed by atoms with van der Waals surface area (Å²) in [7, 11) is 1.60. The number of carboxylic acids is 2. The summed E-state index contributed by atoms with van der Waals surface area (Å²) in [6.07, 6.45) is 1.65. The number of aryl methyl sites for hydroxylation is 1. The molecule has 0 fully saturated rings. The largest absolute Gasteiger partial charge is 0.497 e. The molecule has 2 N–H and O–H groups in total. The van der Waals surface area contributed by atoms with Gasteiger partial charge in [0.05, 0.1) is 19.3 Å². The van der Waals surface area contributed by atoms with E-state index in [9.17, 15) is 19.5 Å². The molecule has 9 nitrogen and oxygen atoms in total. The minimum Gasteiger partial charge on any atom is -0.497 e. The predicted octanol–water partition coefficient (Wildman–Crippen LogP) is 5.68. The van der Waals surface area contributed by atoms with E-state index in [1.54, 1.807) is 30.2 Å². The number of hydrogen-bond acceptors (Lipinski definition) is 6. The molecule has 1 aliphatic heterocycles. The Bertz CT molecular complexity index is 1710. The Balaban J connectivity index is 1.58. The monoisotopic (exact) mass is 579 g/mol. The minimum absolute atomic E-state index is 0.136. The first-order chi connectivity index (χ1) is 20.7. The summed E-state index contributed by atoms with van der Waals surface area (Å²) in [5.74, 6) is -1.54. The molecule has 43 heavy (non-hydrogen) atoms. The lowest BCUT2D eigenvalue weighted by atomic mass is 9.98. The van der Waals surface area contributed by atoms with Gasteiger partial charge in [-0.25, -0.2) is 9.59 Å². The third-order valence-electron chi connectivity index (χ3n) is 6.94. The average Bonchev–Trinajstić information content (AvgIpc) is 3.25. The molecule has 0 aromatic heterocycles. The van der Waals surface area contributed by atoms with Crippen molar-refractivity contribution in [1.82, 2.24) is 0 Å². The van der Waals surface area contributed by atoms with Crippen LogP contribution in [0.2, 0.25) is 0 Å². The standard InChI is InChI=1S/C34H29NO8/c1-21-3-7-23(8-4-21)24-10-14-28-29(34(40)35(30(28)16-24)18-22-5-11-26(41-2)12-6-22)15-25-9-13-27(42-19-32(36)37)17-31(25)43-20-33(38)39/h3-17H,18-20H2,1-2H3,(H,36,37)(H,38,39)/b29-15+. The molecule has 0 atom stereocenters. The third-order valence-corrected chi connectivity index (χ3v) is 6.94. The summed E-state index contributed by atoms with van der Waals surface area (Å²) in [4.78, 5) is 37.9. The lowest BCUT2D eigenvalue weighted by molar-refractivity contribution is -0.140. The molecule has 4 aromatic carbocycles. The first-order valence-electron chi connectivity index (χ1n) is 13.4. The molecule has 4 aromatic rings. The second kappa shape index (κ2) is 12.5. The second-order valence-corrected chi connectivity index (χ2v) is 9.96. The number of aliphatic carboxylic acids is 2. The Morgan fingerprint density at radius 2 is 1.44 bits per heavy atom. The van der Waals surface area contributed by atoms with Crippen LogP contribution in [0.5, 0.6) is 17.2 Å². The normalized spacial score (nSPS) is 13.1. The number of fused-ring (bicyclic) bond motifs is 1. The van der Waals surface area contributed by atoms with Gasteiger partial charge in [0.15, 0.2) is 13.2 Å². The van der Waals surface area contributed by atoms with E-state index in [1.807, 2.05) is 73.7 Å². The number of rotatable bonds is 11. The lowest BCUT2D eigenvalue weighted by Gasteiger charge is -2.18. The molecule has 0 spiro atoms. The fourth-order valence-electron chi connectivity index (χ4n) is 4.78. The van der Waals surface area contributed by atoms with Gasteiger partial charge in [-0.15, -0.1) is 0 Å². The molecule has 0 radical (unpaired) electrons. The molecule has 0 saturated heterocycles. The van der Waals surface area contributed by atoms with Gasteiger partial charge in [0, 0.05) is 22.8 Å². The van der Waals surface area contributed by atoms with Crippen LogP contribution in [0, 0.1) is 6.92 Å². The van der Waals surface area contributed by atoms with E-state index in [1.165, 1.54) is 6.07 Å². The van der Waals surface area contributed by atoms with Crippen molar-refractivity contribution in [2.75, 3.05) is 25.2 Å². The van der Waals surface area contributed by atoms with Crippen LogP contribution in [0.15, 0.2) is 84.9 Å². The molecule has 0 aliphatic carbocycles. The van der Waals surface area contributed by atoms with Crippen LogP contribution in [-0.2, 0) is 20.9 Å². The van der Waals surface area contributed by atoms with Gasteiger partial charge in [0.25, 0.3) is 5.91 Å². The Labute approximate surface area is 248 Å². The maximum absolute atomic E-state index is 14.0. The van der Waals surface area contributed by atoms with Crippen molar-refractivity contribution in [2.24, 2.45) is 0 Å². The predicted molar refractivity (Wildman–Crippen MR) is 161 cm³/mol. The van der Waals surface area contributed by atoms with Crippen molar-refractivity contribution in [3.8, 4) is 28.4 Å². The van der Waals surface area contributed by atoms with Crippen LogP contribution in [0.3, 0.4) is 0 Å². The van der Waals surface area contributed by atoms with Crippen LogP contribution >= 0.6 is 0 Å². The quantitative estimate of drug-likeness (QED) is 0.218. The van der Waals surface area contributed by atoms with Gasteiger partial charge in [-0.1, -0.05) is 54.1 Å². The molecule has 5 rings (SSSR count). The van der Waals surface area contributed by atoms with Crippen LogP contribution in [0.1, 0.15) is 22.3 Å². The minimum atomic E-state index is -1.19. The third kappa shape index (κ3) is 6.68. The van der Waals surface area contributed by atoms with E-state index >= 15 is 0 Å². The molecule has 9 heteroatoms. The van der Waals surface area contributed by atoms with Gasteiger partial charge in [0.2, 0.25) is 0 Å². The summed E-state index contributed by atoms with van der Waals surface area (Å²) < 4.78 is 16.0. The Hall–Kier alpha value is -5.57. The van der Waals surface area contributed by atoms with E-state index in [0.29, 0.717) is 29.0 Å². The maximum Gasteiger partial charge on any atom is 0.341 e. The molecule has 1 aliphatic rings. The zero-order chi connectivity index (χ0) is 30.5. The van der Waals surface area contributed by atoms with E-state index in [0.717, 1.165) is 27.9 Å². The number of ether oxygens (including phenoxy) is 3. The van der Waals surface area contributed by atoms with Gasteiger partial charge in [0.1, 0.15) is 17.2 Å². The summed E-state index contributed by atoms with van der Waals surface area (Å²) in [6, 6.07) is 26.1. The fraction of sp³-hybridized carbons (Fsp3) is 0.147. The number of hydrogen-bond donors (Lipinski definition) is 2. The molecule has 1 heterocycles. The fourth-order valence-corrected chi connectivity index (χ4v) is 4.78. The van der Waals surface area contributed by atoms with Gasteiger partial charge in [-0.05, 0) is 60.0 Å². The molecular weight excluding hydrogens is 550 g/mol. The van der Waals surface area contributed by atoms with Gasteiger partial charge in [-0.3, -0.25) is 4.79 Å². The van der Waals surface area contributed by atoms with Gasteiger partial charge >= 0.3 is 11.9 Å². The number of carboxylic acid groups (broad SMARTS) is 2. The number of benzene rings is 4. The van der Waals surface area contributed by atoms with Crippen molar-refractivity contribution in [3.05, 3.63) is 107 Å². The molecule has 1 amide bonds. The number of nitrogens with zero attached hydrogens (tertiary/aromatic N) is 1. The smallest absolute Gasteiger partial charge is 0.341 e. The van der Waals surface area contributed by atoms with Crippen molar-refractivity contribution in [3.63, 3.8) is 0 Å². The van der Waals surface area contributed by atoms with Crippen LogP contribution in [0.25, 0.3) is 22.8 Å². The highest BCUT2D eigenvalue weighted by atomic mass is 16.5. The SMILES string of the molecule is COc1ccc(CN2C(=O)/C(=C/c3ccc(OCC(=O)O)cc3OCC(=O)O)c3ccc(-c4ccc(C)cc4)cc32)cc1. The summed E-state index contributed by atoms with van der Waals surface area (Å²) in [5, 5.41) is 18.1. The van der Waals surface area contributed by atoms with Gasteiger partial charge < -0.3 is 29.3 Å². The van der Waals surface area contributed by atoms with E-state index in [4.69, 9.17) is 19.3 Å². The van der Waals surface area contributed by atoms with E-state index < -0.39 is 25.2 Å². The van der Waals surface area contributed by atoms with Crippen molar-refractivity contribution in [2.45, 2.75) is 13.5 Å². The Morgan fingerprint density at radius 3 is 2.12 bits per heavy atom. The number of carbonyl (C=O) groups is 3. The van der Waals surface area contributed by atoms with Crippen molar-refractivity contribution in [1.29, 1.82) is 0 Å². The first-order valence-corrected chi connectivity index (χ1v) is 13.4. The summed E-state index contributed by atoms with van der Waals surface area (Å²) >= 11 is 0. The van der Waals surface area contributed by atoms with Crippen LogP contribution < -0.4 is 19.1 Å². The zero-order valence-electron chi connectivity index (χ0n) is 23.6. The second-order valence-electron chi connectivity index (χ2n) is 9.96. The summed E-state index contributed by atoms with van der Waals surface area (Å²) in [6.45, 7) is 1.13. The molecular formula is C34H29NO8. The Kier molecular flexibility index (Phi) is 8.43. The average molecular weight is 580 g/mol. The van der Waals surface area contributed by atoms with Crippen molar-refractivity contribution >= 4 is 35.2 Å². The summed E-state index contributed by atoms with van der Waals surface area (Å²) in [5.41, 5.74) is 6.32. The topological polar surface area (TPSA) is 123 Å². The molecule has 218 valence electrons. The van der Waals surface area contributed by atoms with Crippen LogP contribution in [-0.4, -0.2) is 48.4 Å². The highest BCUT2D eigenvalue weighted by Gasteiger charge is 2.33. The number of carbonyl (C=O) groups excluding carboxylic acids is 1. The highest BCUT2D eigenvalue weighted by Crippen LogP contribution is 2.42. The Morgan fingerprint density at radius 1 is 0.791 bits per heavy atom. The molecule has 0 saturated carbocycles. The van der Waals surface area contributed by atoms with E-state index in [2.05, 4.69) is 0 Å².